The monoisotopic (exact) mass is 339 g/mol. The minimum atomic E-state index is -0.0592. The summed E-state index contributed by atoms with van der Waals surface area (Å²) in [5, 5.41) is 2.95. The quantitative estimate of drug-likeness (QED) is 0.834. The lowest BCUT2D eigenvalue weighted by molar-refractivity contribution is -0.116. The summed E-state index contributed by atoms with van der Waals surface area (Å²) in [5.74, 6) is 2.19. The number of amides is 1. The molecule has 0 aromatic heterocycles. The normalized spacial score (nSPS) is 17.8. The molecule has 1 N–H and O–H groups in total. The second kappa shape index (κ2) is 6.67. The standard InChI is InChI=1S/C20H21NO4/c1-2-3-8-23-17-7-5-4-6-13(17)14-10-20(22)21-16-11-19-18(9-15(14)16)24-12-25-19/h4-7,9,11,14H,2-3,8,10,12H2,1H3,(H,21,22)/t14-/m1/s1. The number of benzene rings is 2. The maximum atomic E-state index is 12.3. The number of fused-ring (bicyclic) bond motifs is 2. The van der Waals surface area contributed by atoms with Gasteiger partial charge in [-0.3, -0.25) is 4.79 Å². The van der Waals surface area contributed by atoms with Gasteiger partial charge >= 0.3 is 0 Å². The van der Waals surface area contributed by atoms with E-state index in [1.54, 1.807) is 0 Å². The van der Waals surface area contributed by atoms with Gasteiger partial charge in [-0.05, 0) is 24.1 Å². The van der Waals surface area contributed by atoms with Gasteiger partial charge in [-0.1, -0.05) is 31.5 Å². The van der Waals surface area contributed by atoms with Gasteiger partial charge in [0.1, 0.15) is 5.75 Å². The van der Waals surface area contributed by atoms with Crippen LogP contribution in [0.2, 0.25) is 0 Å². The minimum absolute atomic E-state index is 0.000253. The predicted octanol–water partition coefficient (Wildman–Crippen LogP) is 4.07. The van der Waals surface area contributed by atoms with Crippen LogP contribution in [0.1, 0.15) is 43.2 Å². The molecule has 0 spiro atoms. The van der Waals surface area contributed by atoms with Crippen LogP contribution in [0, 0.1) is 0 Å². The Morgan fingerprint density at radius 1 is 1.16 bits per heavy atom. The number of carbonyl (C=O) groups excluding carboxylic acids is 1. The third-order valence-electron chi connectivity index (χ3n) is 4.63. The van der Waals surface area contributed by atoms with E-state index in [1.165, 1.54) is 0 Å². The van der Waals surface area contributed by atoms with Crippen LogP contribution in [-0.2, 0) is 4.79 Å². The summed E-state index contributed by atoms with van der Waals surface area (Å²) < 4.78 is 16.9. The van der Waals surface area contributed by atoms with E-state index in [4.69, 9.17) is 14.2 Å². The Morgan fingerprint density at radius 3 is 2.80 bits per heavy atom. The maximum absolute atomic E-state index is 12.3. The minimum Gasteiger partial charge on any atom is -0.493 e. The molecule has 5 heteroatoms. The van der Waals surface area contributed by atoms with Gasteiger partial charge in [0.25, 0.3) is 0 Å². The average Bonchev–Trinajstić information content (AvgIpc) is 3.07. The Morgan fingerprint density at radius 2 is 1.96 bits per heavy atom. The molecule has 0 radical (unpaired) electrons. The van der Waals surface area contributed by atoms with Crippen LogP contribution < -0.4 is 19.5 Å². The zero-order valence-electron chi connectivity index (χ0n) is 14.2. The number of hydrogen-bond acceptors (Lipinski definition) is 4. The largest absolute Gasteiger partial charge is 0.493 e. The lowest BCUT2D eigenvalue weighted by Crippen LogP contribution is -2.23. The number of unbranched alkanes of at least 4 members (excludes halogenated alkanes) is 1. The highest BCUT2D eigenvalue weighted by Crippen LogP contribution is 2.46. The van der Waals surface area contributed by atoms with E-state index in [2.05, 4.69) is 12.2 Å². The fourth-order valence-corrected chi connectivity index (χ4v) is 3.35. The van der Waals surface area contributed by atoms with Crippen molar-refractivity contribution in [3.05, 3.63) is 47.5 Å². The van der Waals surface area contributed by atoms with Crippen molar-refractivity contribution < 1.29 is 19.0 Å². The van der Waals surface area contributed by atoms with E-state index in [0.717, 1.165) is 41.2 Å². The van der Waals surface area contributed by atoms with Crippen molar-refractivity contribution in [2.45, 2.75) is 32.1 Å². The summed E-state index contributed by atoms with van der Waals surface area (Å²) in [6.07, 6.45) is 2.48. The molecule has 2 aromatic rings. The first-order valence-electron chi connectivity index (χ1n) is 8.71. The average molecular weight is 339 g/mol. The first-order valence-corrected chi connectivity index (χ1v) is 8.71. The second-order valence-corrected chi connectivity index (χ2v) is 6.34. The van der Waals surface area contributed by atoms with Crippen LogP contribution in [0.4, 0.5) is 5.69 Å². The molecule has 25 heavy (non-hydrogen) atoms. The number of carbonyl (C=O) groups is 1. The molecule has 5 nitrogen and oxygen atoms in total. The lowest BCUT2D eigenvalue weighted by atomic mass is 9.84. The number of hydrogen-bond donors (Lipinski definition) is 1. The van der Waals surface area contributed by atoms with E-state index in [1.807, 2.05) is 36.4 Å². The van der Waals surface area contributed by atoms with Crippen LogP contribution in [0.15, 0.2) is 36.4 Å². The second-order valence-electron chi connectivity index (χ2n) is 6.34. The van der Waals surface area contributed by atoms with Gasteiger partial charge < -0.3 is 19.5 Å². The van der Waals surface area contributed by atoms with Crippen LogP contribution in [-0.4, -0.2) is 19.3 Å². The van der Waals surface area contributed by atoms with E-state index >= 15 is 0 Å². The molecule has 0 fully saturated rings. The zero-order chi connectivity index (χ0) is 17.2. The maximum Gasteiger partial charge on any atom is 0.231 e. The van der Waals surface area contributed by atoms with Crippen molar-refractivity contribution in [3.8, 4) is 17.2 Å². The van der Waals surface area contributed by atoms with Gasteiger partial charge in [-0.25, -0.2) is 0 Å². The molecule has 2 heterocycles. The van der Waals surface area contributed by atoms with Crippen molar-refractivity contribution in [1.82, 2.24) is 0 Å². The van der Waals surface area contributed by atoms with Crippen molar-refractivity contribution >= 4 is 11.6 Å². The Bertz CT molecular complexity index is 802. The van der Waals surface area contributed by atoms with Crippen molar-refractivity contribution in [1.29, 1.82) is 0 Å². The predicted molar refractivity (Wildman–Crippen MR) is 94.5 cm³/mol. The van der Waals surface area contributed by atoms with Crippen LogP contribution in [0.25, 0.3) is 0 Å². The highest BCUT2D eigenvalue weighted by molar-refractivity contribution is 5.96. The first-order chi connectivity index (χ1) is 12.3. The molecule has 0 saturated carbocycles. The first kappa shape index (κ1) is 15.8. The molecular formula is C20H21NO4. The topological polar surface area (TPSA) is 56.8 Å². The SMILES string of the molecule is CCCCOc1ccccc1[C@H]1CC(=O)Nc2cc3c(cc21)OCO3. The third kappa shape index (κ3) is 3.02. The Hall–Kier alpha value is -2.69. The smallest absolute Gasteiger partial charge is 0.231 e. The Labute approximate surface area is 146 Å². The van der Waals surface area contributed by atoms with E-state index in [0.29, 0.717) is 18.8 Å². The van der Waals surface area contributed by atoms with Crippen LogP contribution in [0.3, 0.4) is 0 Å². The van der Waals surface area contributed by atoms with Gasteiger partial charge in [-0.15, -0.1) is 0 Å². The molecule has 0 aliphatic carbocycles. The fraction of sp³-hybridized carbons (Fsp3) is 0.350. The lowest BCUT2D eigenvalue weighted by Gasteiger charge is -2.27. The summed E-state index contributed by atoms with van der Waals surface area (Å²) in [7, 11) is 0. The summed E-state index contributed by atoms with van der Waals surface area (Å²) in [4.78, 5) is 12.3. The van der Waals surface area contributed by atoms with E-state index < -0.39 is 0 Å². The zero-order valence-corrected chi connectivity index (χ0v) is 14.2. The summed E-state index contributed by atoms with van der Waals surface area (Å²) in [6, 6.07) is 11.8. The molecular weight excluding hydrogens is 318 g/mol. The van der Waals surface area contributed by atoms with E-state index in [9.17, 15) is 4.79 Å². The van der Waals surface area contributed by atoms with Crippen LogP contribution >= 0.6 is 0 Å². The highest BCUT2D eigenvalue weighted by atomic mass is 16.7. The summed E-state index contributed by atoms with van der Waals surface area (Å²) in [5.41, 5.74) is 2.86. The van der Waals surface area contributed by atoms with Crippen LogP contribution in [0.5, 0.6) is 17.2 Å². The van der Waals surface area contributed by atoms with Crippen molar-refractivity contribution in [2.75, 3.05) is 18.7 Å². The molecule has 0 saturated heterocycles. The highest BCUT2D eigenvalue weighted by Gasteiger charge is 2.31. The summed E-state index contributed by atoms with van der Waals surface area (Å²) in [6.45, 7) is 3.04. The van der Waals surface area contributed by atoms with Gasteiger partial charge in [0, 0.05) is 29.7 Å². The van der Waals surface area contributed by atoms with Gasteiger partial charge in [0.05, 0.1) is 6.61 Å². The van der Waals surface area contributed by atoms with E-state index in [-0.39, 0.29) is 18.6 Å². The number of ether oxygens (including phenoxy) is 3. The third-order valence-corrected chi connectivity index (χ3v) is 4.63. The number of nitrogens with one attached hydrogen (secondary N) is 1. The Kier molecular flexibility index (Phi) is 4.22. The van der Waals surface area contributed by atoms with Gasteiger partial charge in [-0.2, -0.15) is 0 Å². The van der Waals surface area contributed by atoms with Crippen molar-refractivity contribution in [2.24, 2.45) is 0 Å². The Balaban J connectivity index is 1.73. The molecule has 0 unspecified atom stereocenters. The molecule has 1 amide bonds. The molecule has 2 aromatic carbocycles. The molecule has 4 rings (SSSR count). The number of para-hydroxylation sites is 1. The number of anilines is 1. The fourth-order valence-electron chi connectivity index (χ4n) is 3.35. The molecule has 0 bridgehead atoms. The number of rotatable bonds is 5. The molecule has 1 atom stereocenters. The summed E-state index contributed by atoms with van der Waals surface area (Å²) >= 11 is 0. The molecule has 2 aliphatic heterocycles. The van der Waals surface area contributed by atoms with Crippen molar-refractivity contribution in [3.63, 3.8) is 0 Å². The molecule has 2 aliphatic rings. The van der Waals surface area contributed by atoms with Gasteiger partial charge in [0.15, 0.2) is 11.5 Å². The van der Waals surface area contributed by atoms with Gasteiger partial charge in [0.2, 0.25) is 12.7 Å². The molecule has 130 valence electrons.